The number of fused-ring (bicyclic) bond motifs is 1. The molecule has 0 bridgehead atoms. The van der Waals surface area contributed by atoms with Gasteiger partial charge in [-0.1, -0.05) is 35.3 Å². The van der Waals surface area contributed by atoms with E-state index in [0.29, 0.717) is 29.7 Å². The second kappa shape index (κ2) is 7.83. The maximum atomic E-state index is 13.2. The van der Waals surface area contributed by atoms with Crippen molar-refractivity contribution < 1.29 is 19.4 Å². The lowest BCUT2D eigenvalue weighted by atomic mass is 9.78. The number of ketones is 1. The van der Waals surface area contributed by atoms with Gasteiger partial charge in [0.15, 0.2) is 5.78 Å². The maximum Gasteiger partial charge on any atom is 0.303 e. The summed E-state index contributed by atoms with van der Waals surface area (Å²) in [5.41, 5.74) is 1.62. The third kappa shape index (κ3) is 3.58. The number of ether oxygens (including phenoxy) is 1. The molecule has 0 heterocycles. The molecule has 1 N–H and O–H groups in total. The van der Waals surface area contributed by atoms with Gasteiger partial charge in [-0.05, 0) is 49.1 Å². The van der Waals surface area contributed by atoms with Gasteiger partial charge in [-0.15, -0.1) is 0 Å². The first kappa shape index (κ1) is 20.2. The Balaban J connectivity index is 1.90. The minimum atomic E-state index is -0.898. The Morgan fingerprint density at radius 1 is 1.29 bits per heavy atom. The molecule has 7 heteroatoms. The smallest absolute Gasteiger partial charge is 0.303 e. The third-order valence-corrected chi connectivity index (χ3v) is 5.82. The number of rotatable bonds is 6. The van der Waals surface area contributed by atoms with Crippen LogP contribution in [-0.4, -0.2) is 23.5 Å². The zero-order valence-electron chi connectivity index (χ0n) is 15.1. The van der Waals surface area contributed by atoms with E-state index in [-0.39, 0.29) is 28.9 Å². The van der Waals surface area contributed by atoms with Crippen LogP contribution in [0.4, 0.5) is 0 Å². The number of hydrogen-bond donors (Lipinski definition) is 1. The van der Waals surface area contributed by atoms with Gasteiger partial charge in [0.1, 0.15) is 10.8 Å². The Labute approximate surface area is 172 Å². The molecule has 0 amide bonds. The highest BCUT2D eigenvalue weighted by Gasteiger charge is 2.45. The Hall–Kier alpha value is -2.55. The quantitative estimate of drug-likeness (QED) is 0.681. The van der Waals surface area contributed by atoms with Gasteiger partial charge in [0.2, 0.25) is 0 Å². The van der Waals surface area contributed by atoms with Gasteiger partial charge < -0.3 is 9.84 Å². The molecule has 1 aliphatic rings. The summed E-state index contributed by atoms with van der Waals surface area (Å²) in [7, 11) is 0. The van der Waals surface area contributed by atoms with E-state index in [2.05, 4.69) is 6.07 Å². The maximum absolute atomic E-state index is 13.2. The molecular weight excluding hydrogens is 401 g/mol. The number of carbonyl (C=O) groups is 2. The average molecular weight is 418 g/mol. The molecule has 2 aromatic carbocycles. The fourth-order valence-electron chi connectivity index (χ4n) is 3.43. The number of carboxylic acids is 1. The van der Waals surface area contributed by atoms with Crippen molar-refractivity contribution in [2.75, 3.05) is 6.61 Å². The Kier molecular flexibility index (Phi) is 5.64. The van der Waals surface area contributed by atoms with Crippen LogP contribution < -0.4 is 4.74 Å². The highest BCUT2D eigenvalue weighted by atomic mass is 35.5. The van der Waals surface area contributed by atoms with E-state index in [4.69, 9.17) is 38.3 Å². The van der Waals surface area contributed by atoms with E-state index in [1.807, 2.05) is 6.92 Å². The van der Waals surface area contributed by atoms with E-state index >= 15 is 0 Å². The van der Waals surface area contributed by atoms with E-state index in [1.54, 1.807) is 30.3 Å². The molecule has 144 valence electrons. The van der Waals surface area contributed by atoms with Crippen LogP contribution in [0.1, 0.15) is 46.8 Å². The van der Waals surface area contributed by atoms with Crippen LogP contribution in [0.25, 0.3) is 0 Å². The van der Waals surface area contributed by atoms with Crippen molar-refractivity contribution in [1.82, 2.24) is 0 Å². The van der Waals surface area contributed by atoms with Gasteiger partial charge in [0, 0.05) is 12.0 Å². The Morgan fingerprint density at radius 2 is 1.96 bits per heavy atom. The predicted molar refractivity (Wildman–Crippen MR) is 105 cm³/mol. The summed E-state index contributed by atoms with van der Waals surface area (Å²) in [4.78, 5) is 23.8. The number of nitriles is 1. The summed E-state index contributed by atoms with van der Waals surface area (Å²) < 4.78 is 5.61. The van der Waals surface area contributed by atoms with Crippen molar-refractivity contribution >= 4 is 35.0 Å². The molecule has 0 spiro atoms. The first-order valence-corrected chi connectivity index (χ1v) is 9.44. The second-order valence-electron chi connectivity index (χ2n) is 6.91. The topological polar surface area (TPSA) is 87.4 Å². The summed E-state index contributed by atoms with van der Waals surface area (Å²) in [5, 5.41) is 18.0. The van der Waals surface area contributed by atoms with Gasteiger partial charge >= 0.3 is 5.97 Å². The number of carboxylic acid groups (broad SMARTS) is 1. The molecule has 0 fully saturated rings. The number of Topliss-reactive ketones (excluding diaryl/α,β-unsaturated/α-hetero) is 1. The summed E-state index contributed by atoms with van der Waals surface area (Å²) in [6, 6.07) is 10.7. The molecule has 1 unspecified atom stereocenters. The van der Waals surface area contributed by atoms with Crippen molar-refractivity contribution in [1.29, 1.82) is 5.26 Å². The first-order valence-electron chi connectivity index (χ1n) is 8.69. The Bertz CT molecular complexity index is 995. The monoisotopic (exact) mass is 417 g/mol. The lowest BCUT2D eigenvalue weighted by Crippen LogP contribution is -2.29. The van der Waals surface area contributed by atoms with Gasteiger partial charge in [0.25, 0.3) is 0 Å². The highest BCUT2D eigenvalue weighted by molar-refractivity contribution is 6.45. The number of carbonyl (C=O) groups excluding carboxylic acids is 1. The van der Waals surface area contributed by atoms with Crippen molar-refractivity contribution in [2.24, 2.45) is 0 Å². The average Bonchev–Trinajstić information content (AvgIpc) is 2.94. The molecule has 0 radical (unpaired) electrons. The number of halogens is 2. The molecule has 0 saturated heterocycles. The van der Waals surface area contributed by atoms with Gasteiger partial charge in [-0.2, -0.15) is 5.26 Å². The summed E-state index contributed by atoms with van der Waals surface area (Å²) >= 11 is 12.7. The standard InChI is InChI=1S/C21H17Cl2NO4/c1-21(14-6-4-12(11-24)5-7-14)10-13-9-15(28-8-2-3-16(25)26)18(22)19(23)17(13)20(21)27/h4-7,9H,2-3,8,10H2,1H3,(H,25,26). The van der Waals surface area contributed by atoms with Crippen LogP contribution >= 0.6 is 23.2 Å². The van der Waals surface area contributed by atoms with Crippen molar-refractivity contribution in [3.63, 3.8) is 0 Å². The minimum Gasteiger partial charge on any atom is -0.492 e. The lowest BCUT2D eigenvalue weighted by molar-refractivity contribution is -0.137. The lowest BCUT2D eigenvalue weighted by Gasteiger charge is -2.22. The van der Waals surface area contributed by atoms with Crippen molar-refractivity contribution in [2.45, 2.75) is 31.6 Å². The molecule has 1 aliphatic carbocycles. The summed E-state index contributed by atoms with van der Waals surface area (Å²) in [6.07, 6.45) is 0.753. The molecule has 3 rings (SSSR count). The molecule has 28 heavy (non-hydrogen) atoms. The molecule has 5 nitrogen and oxygen atoms in total. The van der Waals surface area contributed by atoms with Crippen LogP contribution in [0.2, 0.25) is 10.0 Å². The highest BCUT2D eigenvalue weighted by Crippen LogP contribution is 2.47. The SMILES string of the molecule is CC1(c2ccc(C#N)cc2)Cc2cc(OCCCC(=O)O)c(Cl)c(Cl)c2C1=O. The second-order valence-corrected chi connectivity index (χ2v) is 7.67. The molecule has 1 atom stereocenters. The van der Waals surface area contributed by atoms with Crippen LogP contribution in [0.15, 0.2) is 30.3 Å². The number of aliphatic carboxylic acids is 1. The van der Waals surface area contributed by atoms with Gasteiger partial charge in [0.05, 0.1) is 28.7 Å². The van der Waals surface area contributed by atoms with E-state index < -0.39 is 11.4 Å². The zero-order valence-corrected chi connectivity index (χ0v) is 16.6. The number of hydrogen-bond acceptors (Lipinski definition) is 4. The van der Waals surface area contributed by atoms with Crippen molar-refractivity contribution in [3.05, 3.63) is 62.6 Å². The minimum absolute atomic E-state index is 0.00839. The van der Waals surface area contributed by atoms with E-state index in [9.17, 15) is 9.59 Å². The molecule has 0 aliphatic heterocycles. The summed E-state index contributed by atoms with van der Waals surface area (Å²) in [5.74, 6) is -0.685. The van der Waals surface area contributed by atoms with Gasteiger partial charge in [-0.25, -0.2) is 0 Å². The van der Waals surface area contributed by atoms with E-state index in [0.717, 1.165) is 11.1 Å². The van der Waals surface area contributed by atoms with Gasteiger partial charge in [-0.3, -0.25) is 9.59 Å². The zero-order chi connectivity index (χ0) is 20.5. The van der Waals surface area contributed by atoms with E-state index in [1.165, 1.54) is 0 Å². The molecule has 2 aromatic rings. The molecule has 0 saturated carbocycles. The first-order chi connectivity index (χ1) is 13.3. The molecular formula is C21H17Cl2NO4. The fourth-order valence-corrected chi connectivity index (χ4v) is 3.93. The number of benzene rings is 2. The fraction of sp³-hybridized carbons (Fsp3) is 0.286. The largest absolute Gasteiger partial charge is 0.492 e. The van der Waals surface area contributed by atoms with Crippen LogP contribution in [0.3, 0.4) is 0 Å². The normalized spacial score (nSPS) is 17.9. The van der Waals surface area contributed by atoms with Crippen LogP contribution in [0.5, 0.6) is 5.75 Å². The predicted octanol–water partition coefficient (Wildman–Crippen LogP) is 4.81. The van der Waals surface area contributed by atoms with Crippen molar-refractivity contribution in [3.8, 4) is 11.8 Å². The summed E-state index contributed by atoms with van der Waals surface area (Å²) in [6.45, 7) is 2.02. The Morgan fingerprint density at radius 3 is 2.57 bits per heavy atom. The van der Waals surface area contributed by atoms with Crippen LogP contribution in [0, 0.1) is 11.3 Å². The van der Waals surface area contributed by atoms with Crippen LogP contribution in [-0.2, 0) is 16.6 Å². The third-order valence-electron chi connectivity index (χ3n) is 4.97. The number of nitrogens with zero attached hydrogens (tertiary/aromatic N) is 1. The molecule has 0 aromatic heterocycles.